The van der Waals surface area contributed by atoms with Crippen molar-refractivity contribution in [3.05, 3.63) is 89.6 Å². The van der Waals surface area contributed by atoms with E-state index in [2.05, 4.69) is 39.5 Å². The molecule has 1 atom stereocenters. The SMILES string of the molecule is Cc1nc(-c2ccccc2)ccc1C(=O)NC[C@H](c1ccccc1)N1CCCC1. The van der Waals surface area contributed by atoms with E-state index in [-0.39, 0.29) is 11.9 Å². The Hall–Kier alpha value is -2.98. The number of carbonyl (C=O) groups excluding carboxylic acids is 1. The van der Waals surface area contributed by atoms with E-state index in [1.165, 1.54) is 18.4 Å². The second-order valence-electron chi connectivity index (χ2n) is 7.58. The molecule has 4 rings (SSSR count). The monoisotopic (exact) mass is 385 g/mol. The van der Waals surface area contributed by atoms with Crippen molar-refractivity contribution in [2.45, 2.75) is 25.8 Å². The molecule has 0 spiro atoms. The number of amides is 1. The molecule has 0 unspecified atom stereocenters. The van der Waals surface area contributed by atoms with Crippen molar-refractivity contribution in [2.75, 3.05) is 19.6 Å². The molecule has 3 aromatic rings. The van der Waals surface area contributed by atoms with E-state index in [1.807, 2.05) is 55.5 Å². The first-order valence-corrected chi connectivity index (χ1v) is 10.3. The van der Waals surface area contributed by atoms with Crippen LogP contribution in [0.4, 0.5) is 0 Å². The first-order chi connectivity index (χ1) is 14.2. The highest BCUT2D eigenvalue weighted by Gasteiger charge is 2.24. The summed E-state index contributed by atoms with van der Waals surface area (Å²) in [6, 6.07) is 24.5. The summed E-state index contributed by atoms with van der Waals surface area (Å²) in [5, 5.41) is 3.15. The number of nitrogens with one attached hydrogen (secondary N) is 1. The molecular formula is C25H27N3O. The van der Waals surface area contributed by atoms with E-state index in [4.69, 9.17) is 0 Å². The van der Waals surface area contributed by atoms with Gasteiger partial charge in [0.25, 0.3) is 5.91 Å². The summed E-state index contributed by atoms with van der Waals surface area (Å²) in [7, 11) is 0. The van der Waals surface area contributed by atoms with Gasteiger partial charge in [0.1, 0.15) is 0 Å². The number of aryl methyl sites for hydroxylation is 1. The van der Waals surface area contributed by atoms with Crippen LogP contribution in [0, 0.1) is 6.92 Å². The van der Waals surface area contributed by atoms with Crippen LogP contribution in [0.3, 0.4) is 0 Å². The predicted octanol–water partition coefficient (Wildman–Crippen LogP) is 4.62. The Morgan fingerprint density at radius 2 is 1.62 bits per heavy atom. The smallest absolute Gasteiger partial charge is 0.253 e. The van der Waals surface area contributed by atoms with Gasteiger partial charge < -0.3 is 5.32 Å². The van der Waals surface area contributed by atoms with Gasteiger partial charge in [-0.25, -0.2) is 0 Å². The standard InChI is InChI=1S/C25H27N3O/c1-19-22(14-15-23(27-19)20-10-4-2-5-11-20)25(29)26-18-24(28-16-8-9-17-28)21-12-6-3-7-13-21/h2-7,10-15,24H,8-9,16-18H2,1H3,(H,26,29)/t24-/m1/s1. The number of hydrogen-bond acceptors (Lipinski definition) is 3. The molecule has 4 nitrogen and oxygen atoms in total. The molecule has 2 aromatic carbocycles. The Balaban J connectivity index is 1.48. The molecule has 1 N–H and O–H groups in total. The number of pyridine rings is 1. The van der Waals surface area contributed by atoms with Gasteiger partial charge in [-0.05, 0) is 50.6 Å². The lowest BCUT2D eigenvalue weighted by molar-refractivity contribution is 0.0937. The highest BCUT2D eigenvalue weighted by atomic mass is 16.1. The summed E-state index contributed by atoms with van der Waals surface area (Å²) in [4.78, 5) is 20.0. The Morgan fingerprint density at radius 1 is 0.966 bits per heavy atom. The van der Waals surface area contributed by atoms with Gasteiger partial charge in [0.15, 0.2) is 0 Å². The van der Waals surface area contributed by atoms with Crippen LogP contribution in [0.15, 0.2) is 72.8 Å². The maximum Gasteiger partial charge on any atom is 0.253 e. The minimum atomic E-state index is -0.0604. The number of nitrogens with zero attached hydrogens (tertiary/aromatic N) is 2. The first kappa shape index (κ1) is 19.3. The van der Waals surface area contributed by atoms with E-state index in [1.54, 1.807) is 0 Å². The zero-order chi connectivity index (χ0) is 20.1. The van der Waals surface area contributed by atoms with Gasteiger partial charge in [-0.3, -0.25) is 14.7 Å². The molecule has 1 amide bonds. The van der Waals surface area contributed by atoms with Crippen LogP contribution in [0.25, 0.3) is 11.3 Å². The van der Waals surface area contributed by atoms with Crippen molar-refractivity contribution in [2.24, 2.45) is 0 Å². The fourth-order valence-corrected chi connectivity index (χ4v) is 4.04. The second-order valence-corrected chi connectivity index (χ2v) is 7.58. The molecule has 148 valence electrons. The Kier molecular flexibility index (Phi) is 6.01. The van der Waals surface area contributed by atoms with E-state index >= 15 is 0 Å². The van der Waals surface area contributed by atoms with Crippen LogP contribution in [-0.2, 0) is 0 Å². The molecule has 1 aromatic heterocycles. The molecular weight excluding hydrogens is 358 g/mol. The molecule has 0 aliphatic carbocycles. The summed E-state index contributed by atoms with van der Waals surface area (Å²) in [6.07, 6.45) is 2.45. The fourth-order valence-electron chi connectivity index (χ4n) is 4.04. The van der Waals surface area contributed by atoms with Crippen molar-refractivity contribution >= 4 is 5.91 Å². The van der Waals surface area contributed by atoms with Gasteiger partial charge in [0, 0.05) is 12.1 Å². The van der Waals surface area contributed by atoms with Crippen LogP contribution < -0.4 is 5.32 Å². The summed E-state index contributed by atoms with van der Waals surface area (Å²) in [5.74, 6) is -0.0604. The Bertz CT molecular complexity index is 950. The summed E-state index contributed by atoms with van der Waals surface area (Å²) in [6.45, 7) is 4.67. The predicted molar refractivity (Wildman–Crippen MR) is 117 cm³/mol. The quantitative estimate of drug-likeness (QED) is 0.673. The normalized spacial score (nSPS) is 15.2. The third-order valence-electron chi connectivity index (χ3n) is 5.62. The van der Waals surface area contributed by atoms with Crippen molar-refractivity contribution in [1.82, 2.24) is 15.2 Å². The van der Waals surface area contributed by atoms with E-state index < -0.39 is 0 Å². The number of hydrogen-bond donors (Lipinski definition) is 1. The maximum absolute atomic E-state index is 12.9. The molecule has 1 aliphatic rings. The van der Waals surface area contributed by atoms with E-state index in [0.717, 1.165) is 30.0 Å². The fraction of sp³-hybridized carbons (Fsp3) is 0.280. The van der Waals surface area contributed by atoms with Gasteiger partial charge in [-0.1, -0.05) is 60.7 Å². The minimum Gasteiger partial charge on any atom is -0.350 e. The van der Waals surface area contributed by atoms with Gasteiger partial charge in [-0.15, -0.1) is 0 Å². The molecule has 0 bridgehead atoms. The van der Waals surface area contributed by atoms with Gasteiger partial charge in [0.05, 0.1) is 23.0 Å². The molecule has 0 radical (unpaired) electrons. The second kappa shape index (κ2) is 9.01. The van der Waals surface area contributed by atoms with Crippen molar-refractivity contribution < 1.29 is 4.79 Å². The zero-order valence-electron chi connectivity index (χ0n) is 16.8. The Labute approximate surface area is 172 Å². The van der Waals surface area contributed by atoms with Gasteiger partial charge >= 0.3 is 0 Å². The minimum absolute atomic E-state index is 0.0604. The van der Waals surface area contributed by atoms with Crippen molar-refractivity contribution in [1.29, 1.82) is 0 Å². The number of likely N-dealkylation sites (tertiary alicyclic amines) is 1. The summed E-state index contributed by atoms with van der Waals surface area (Å²) < 4.78 is 0. The number of rotatable bonds is 6. The van der Waals surface area contributed by atoms with Gasteiger partial charge in [0.2, 0.25) is 0 Å². The van der Waals surface area contributed by atoms with Crippen LogP contribution in [-0.4, -0.2) is 35.4 Å². The third kappa shape index (κ3) is 4.54. The van der Waals surface area contributed by atoms with Crippen molar-refractivity contribution in [3.63, 3.8) is 0 Å². The molecule has 1 saturated heterocycles. The topological polar surface area (TPSA) is 45.2 Å². The average Bonchev–Trinajstić information content (AvgIpc) is 3.29. The lowest BCUT2D eigenvalue weighted by Crippen LogP contribution is -2.37. The highest BCUT2D eigenvalue weighted by Crippen LogP contribution is 2.25. The average molecular weight is 386 g/mol. The van der Waals surface area contributed by atoms with Crippen LogP contribution >= 0.6 is 0 Å². The summed E-state index contributed by atoms with van der Waals surface area (Å²) in [5.41, 5.74) is 4.59. The molecule has 2 heterocycles. The van der Waals surface area contributed by atoms with E-state index in [9.17, 15) is 4.79 Å². The molecule has 0 saturated carbocycles. The highest BCUT2D eigenvalue weighted by molar-refractivity contribution is 5.95. The number of aromatic nitrogens is 1. The zero-order valence-corrected chi connectivity index (χ0v) is 16.8. The molecule has 1 fully saturated rings. The lowest BCUT2D eigenvalue weighted by Gasteiger charge is -2.28. The van der Waals surface area contributed by atoms with Crippen LogP contribution in [0.5, 0.6) is 0 Å². The molecule has 4 heteroatoms. The van der Waals surface area contributed by atoms with Crippen LogP contribution in [0.1, 0.15) is 40.5 Å². The largest absolute Gasteiger partial charge is 0.350 e. The van der Waals surface area contributed by atoms with E-state index in [0.29, 0.717) is 12.1 Å². The van der Waals surface area contributed by atoms with Gasteiger partial charge in [-0.2, -0.15) is 0 Å². The maximum atomic E-state index is 12.9. The Morgan fingerprint density at radius 3 is 2.28 bits per heavy atom. The molecule has 1 aliphatic heterocycles. The third-order valence-corrected chi connectivity index (χ3v) is 5.62. The lowest BCUT2D eigenvalue weighted by atomic mass is 10.0. The number of carbonyl (C=O) groups is 1. The molecule has 29 heavy (non-hydrogen) atoms. The number of benzene rings is 2. The first-order valence-electron chi connectivity index (χ1n) is 10.3. The van der Waals surface area contributed by atoms with Crippen LogP contribution in [0.2, 0.25) is 0 Å². The summed E-state index contributed by atoms with van der Waals surface area (Å²) >= 11 is 0. The van der Waals surface area contributed by atoms with Crippen molar-refractivity contribution in [3.8, 4) is 11.3 Å².